The van der Waals surface area contributed by atoms with Crippen molar-refractivity contribution in [1.29, 1.82) is 0 Å². The number of ether oxygens (including phenoxy) is 2. The van der Waals surface area contributed by atoms with Crippen molar-refractivity contribution in [2.24, 2.45) is 0 Å². The maximum atomic E-state index is 6.50. The van der Waals surface area contributed by atoms with Crippen LogP contribution in [0.25, 0.3) is 11.4 Å². The van der Waals surface area contributed by atoms with Gasteiger partial charge in [0.05, 0.1) is 14.2 Å². The molecule has 76 heavy (non-hydrogen) atoms. The van der Waals surface area contributed by atoms with Crippen molar-refractivity contribution in [3.8, 4) is 22.9 Å². The molecule has 4 nitrogen and oxygen atoms in total. The monoisotopic (exact) mass is 1020 g/mol. The highest BCUT2D eigenvalue weighted by Crippen LogP contribution is 2.47. The van der Waals surface area contributed by atoms with Crippen molar-refractivity contribution in [2.45, 2.75) is 23.7 Å². The Bertz CT molecular complexity index is 3080. The van der Waals surface area contributed by atoms with Crippen LogP contribution in [0, 0.1) is 0 Å². The lowest BCUT2D eigenvalue weighted by Crippen LogP contribution is -2.40. The number of rotatable bonds is 17. The molecule has 0 atom stereocenters. The van der Waals surface area contributed by atoms with E-state index >= 15 is 0 Å². The summed E-state index contributed by atoms with van der Waals surface area (Å²) in [6.45, 7) is 0. The maximum absolute atomic E-state index is 6.50. The highest BCUT2D eigenvalue weighted by molar-refractivity contribution is 8.01. The first-order valence-electron chi connectivity index (χ1n) is 25.7. The quantitative estimate of drug-likeness (QED) is 0.0393. The van der Waals surface area contributed by atoms with Gasteiger partial charge in [-0.3, -0.25) is 0 Å². The van der Waals surface area contributed by atoms with Crippen LogP contribution in [0.3, 0.4) is 0 Å². The molecule has 0 aliphatic rings. The molecule has 10 aromatic carbocycles. The largest absolute Gasteiger partial charge is 0.497 e. The number of aromatic nitrogens is 2. The van der Waals surface area contributed by atoms with Crippen molar-refractivity contribution in [1.82, 2.24) is 4.57 Å². The van der Waals surface area contributed by atoms with Gasteiger partial charge in [-0.25, -0.2) is 0 Å². The van der Waals surface area contributed by atoms with Gasteiger partial charge in [0.1, 0.15) is 35.3 Å². The summed E-state index contributed by atoms with van der Waals surface area (Å²) < 4.78 is 17.6. The minimum absolute atomic E-state index is 0.242. The highest BCUT2D eigenvalue weighted by atomic mass is 32.1. The summed E-state index contributed by atoms with van der Waals surface area (Å²) >= 11 is 13.0. The summed E-state index contributed by atoms with van der Waals surface area (Å²) in [5, 5.41) is 0. The average molecular weight is 1020 g/mol. The molecule has 11 aromatic rings. The number of benzene rings is 10. The Balaban J connectivity index is 1.31. The van der Waals surface area contributed by atoms with Crippen molar-refractivity contribution >= 4 is 29.0 Å². The summed E-state index contributed by atoms with van der Waals surface area (Å²) in [5.74, 6) is 1.19. The van der Waals surface area contributed by atoms with Gasteiger partial charge < -0.3 is 34.3 Å². The van der Waals surface area contributed by atoms with E-state index in [1.54, 1.807) is 14.2 Å². The van der Waals surface area contributed by atoms with Crippen LogP contribution in [0.15, 0.2) is 279 Å². The van der Waals surface area contributed by atoms with E-state index in [2.05, 4.69) is 288 Å². The molecule has 0 aliphatic carbocycles. The maximum Gasteiger partial charge on any atom is 0.279 e. The Kier molecular flexibility index (Phi) is 14.9. The minimum atomic E-state index is -0.242. The molecular formula is C70H56N2O2S2. The molecule has 370 valence electrons. The SMILES string of the molecule is COc1cc(C(c2ccccc2)c2ccccc2)c(-n2cc[n+](-c3c(C(c4ccccc4)c4ccccc4)cc(OC)cc3C(c3ccccc3)c3ccccc3)c2C(=S)[S-])c(C(c2ccccc2)c2ccccc2)c1. The van der Waals surface area contributed by atoms with Gasteiger partial charge in [0, 0.05) is 45.9 Å². The molecule has 0 amide bonds. The first-order chi connectivity index (χ1) is 37.5. The second kappa shape index (κ2) is 22.8. The zero-order valence-corrected chi connectivity index (χ0v) is 44.0. The normalized spacial score (nSPS) is 11.3. The predicted molar refractivity (Wildman–Crippen MR) is 315 cm³/mol. The van der Waals surface area contributed by atoms with Crippen LogP contribution in [0.5, 0.6) is 11.5 Å². The van der Waals surface area contributed by atoms with Crippen LogP contribution >= 0.6 is 12.2 Å². The molecule has 11 rings (SSSR count). The van der Waals surface area contributed by atoms with Gasteiger partial charge in [-0.1, -0.05) is 243 Å². The Morgan fingerprint density at radius 3 is 0.855 bits per heavy atom. The molecule has 0 aliphatic heterocycles. The molecule has 0 bridgehead atoms. The van der Waals surface area contributed by atoms with Crippen LogP contribution in [-0.4, -0.2) is 23.0 Å². The van der Waals surface area contributed by atoms with E-state index in [0.717, 1.165) is 89.6 Å². The van der Waals surface area contributed by atoms with Gasteiger partial charge in [0.2, 0.25) is 0 Å². The minimum Gasteiger partial charge on any atom is -0.497 e. The van der Waals surface area contributed by atoms with Crippen LogP contribution in [0.1, 0.15) is 96.3 Å². The topological polar surface area (TPSA) is 27.3 Å². The van der Waals surface area contributed by atoms with E-state index < -0.39 is 0 Å². The predicted octanol–water partition coefficient (Wildman–Crippen LogP) is 15.7. The first-order valence-corrected chi connectivity index (χ1v) is 26.5. The van der Waals surface area contributed by atoms with Crippen LogP contribution in [0.2, 0.25) is 0 Å². The summed E-state index contributed by atoms with van der Waals surface area (Å²) in [6.07, 6.45) is 4.33. The summed E-state index contributed by atoms with van der Waals surface area (Å²) in [7, 11) is 3.52. The van der Waals surface area contributed by atoms with Crippen molar-refractivity contribution in [3.63, 3.8) is 0 Å². The lowest BCUT2D eigenvalue weighted by atomic mass is 9.78. The fraction of sp³-hybridized carbons (Fsp3) is 0.0857. The fourth-order valence-corrected chi connectivity index (χ4v) is 11.7. The smallest absolute Gasteiger partial charge is 0.279 e. The van der Waals surface area contributed by atoms with Crippen LogP contribution in [-0.2, 0) is 12.6 Å². The van der Waals surface area contributed by atoms with Gasteiger partial charge in [-0.15, -0.1) is 0 Å². The fourth-order valence-electron chi connectivity index (χ4n) is 11.3. The molecule has 6 heteroatoms. The molecule has 1 heterocycles. The average Bonchev–Trinajstić information content (AvgIpc) is 3.92. The molecule has 0 spiro atoms. The van der Waals surface area contributed by atoms with Gasteiger partial charge in [-0.05, 0) is 73.0 Å². The summed E-state index contributed by atoms with van der Waals surface area (Å²) in [5.41, 5.74) is 15.1. The lowest BCUT2D eigenvalue weighted by molar-refractivity contribution is -0.597. The molecule has 0 saturated heterocycles. The van der Waals surface area contributed by atoms with E-state index in [1.165, 1.54) is 0 Å². The Labute approximate surface area is 457 Å². The molecule has 0 N–H and O–H groups in total. The third-order valence-corrected chi connectivity index (χ3v) is 14.9. The number of hydrogen-bond acceptors (Lipinski definition) is 4. The van der Waals surface area contributed by atoms with Crippen molar-refractivity contribution < 1.29 is 14.0 Å². The second-order valence-electron chi connectivity index (χ2n) is 19.0. The molecule has 0 unspecified atom stereocenters. The highest BCUT2D eigenvalue weighted by Gasteiger charge is 2.37. The van der Waals surface area contributed by atoms with E-state index in [-0.39, 0.29) is 23.7 Å². The third kappa shape index (κ3) is 10.0. The van der Waals surface area contributed by atoms with Crippen LogP contribution < -0.4 is 14.0 Å². The number of thiocarbonyl (C=S) groups is 1. The second-order valence-corrected chi connectivity index (χ2v) is 20.1. The van der Waals surface area contributed by atoms with Gasteiger partial charge in [-0.2, -0.15) is 9.13 Å². The first kappa shape index (κ1) is 49.5. The van der Waals surface area contributed by atoms with Gasteiger partial charge in [0.15, 0.2) is 0 Å². The van der Waals surface area contributed by atoms with Gasteiger partial charge >= 0.3 is 0 Å². The number of imidazole rings is 1. The molecule has 0 radical (unpaired) electrons. The molecular weight excluding hydrogens is 965 g/mol. The van der Waals surface area contributed by atoms with Gasteiger partial charge in [0.25, 0.3) is 5.82 Å². The third-order valence-electron chi connectivity index (χ3n) is 14.5. The molecule has 0 saturated carbocycles. The van der Waals surface area contributed by atoms with Crippen molar-refractivity contribution in [2.75, 3.05) is 14.2 Å². The Hall–Kier alpha value is -8.68. The van der Waals surface area contributed by atoms with E-state index in [9.17, 15) is 0 Å². The number of hydrogen-bond donors (Lipinski definition) is 0. The Morgan fingerprint density at radius 2 is 0.618 bits per heavy atom. The van der Waals surface area contributed by atoms with E-state index in [0.29, 0.717) is 10.0 Å². The van der Waals surface area contributed by atoms with E-state index in [1.807, 2.05) is 0 Å². The number of methoxy groups -OCH3 is 2. The summed E-state index contributed by atoms with van der Waals surface area (Å²) in [6, 6.07) is 94.9. The number of nitrogens with zero attached hydrogens (tertiary/aromatic N) is 2. The Morgan fingerprint density at radius 1 is 0.382 bits per heavy atom. The molecule has 1 aromatic heterocycles. The summed E-state index contributed by atoms with van der Waals surface area (Å²) in [4.78, 5) is 0. The van der Waals surface area contributed by atoms with Crippen LogP contribution in [0.4, 0.5) is 0 Å². The zero-order valence-electron chi connectivity index (χ0n) is 42.4. The molecule has 0 fully saturated rings. The standard InChI is InChI=1S/C70H56N2O2S2/c1-73-57-45-59(63(49-27-11-3-12-28-49)50-29-13-4-14-30-50)67(60(46-57)64(51-31-15-5-16-32-51)52-33-17-6-18-34-52)71-43-44-72(69(71)70(75)76)68-61(65(53-35-19-7-20-36-53)54-37-21-8-22-38-54)47-58(74-2)48-62(68)66(55-39-23-9-24-40-55)56-41-25-10-26-42-56/h3-48,63-66H,1-2H3. The lowest BCUT2D eigenvalue weighted by Gasteiger charge is -2.28. The zero-order chi connectivity index (χ0) is 51.8. The van der Waals surface area contributed by atoms with E-state index in [4.69, 9.17) is 34.3 Å². The van der Waals surface area contributed by atoms with Crippen molar-refractivity contribution in [3.05, 3.63) is 352 Å².